The van der Waals surface area contributed by atoms with E-state index in [4.69, 9.17) is 11.5 Å². The fraction of sp³-hybridized carbons (Fsp3) is 0.364. The molecule has 0 fully saturated rings. The van der Waals surface area contributed by atoms with Gasteiger partial charge in [-0.05, 0) is 12.8 Å². The van der Waals surface area contributed by atoms with Crippen LogP contribution in [0.4, 0.5) is 0 Å². The monoisotopic (exact) mass is 265 g/mol. The third kappa shape index (κ3) is 5.11. The molecule has 102 valence electrons. The molecule has 0 aliphatic heterocycles. The lowest BCUT2D eigenvalue weighted by atomic mass is 10.1. The van der Waals surface area contributed by atoms with Crippen LogP contribution in [0.15, 0.2) is 18.6 Å². The Hall–Kier alpha value is -2.51. The first-order valence-electron chi connectivity index (χ1n) is 5.65. The van der Waals surface area contributed by atoms with Crippen molar-refractivity contribution in [3.8, 4) is 0 Å². The van der Waals surface area contributed by atoms with Gasteiger partial charge in [0.25, 0.3) is 5.91 Å². The van der Waals surface area contributed by atoms with Crippen molar-refractivity contribution in [2.45, 2.75) is 25.3 Å². The van der Waals surface area contributed by atoms with Crippen molar-refractivity contribution < 1.29 is 14.4 Å². The summed E-state index contributed by atoms with van der Waals surface area (Å²) in [5.41, 5.74) is 10.2. The van der Waals surface area contributed by atoms with E-state index in [9.17, 15) is 14.4 Å². The van der Waals surface area contributed by atoms with Crippen LogP contribution >= 0.6 is 0 Å². The van der Waals surface area contributed by atoms with Crippen LogP contribution in [0.2, 0.25) is 0 Å². The molecule has 1 unspecified atom stereocenters. The largest absolute Gasteiger partial charge is 0.370 e. The van der Waals surface area contributed by atoms with Crippen LogP contribution in [-0.2, 0) is 9.59 Å². The summed E-state index contributed by atoms with van der Waals surface area (Å²) >= 11 is 0. The van der Waals surface area contributed by atoms with E-state index in [-0.39, 0.29) is 18.5 Å². The minimum atomic E-state index is -0.867. The molecule has 0 aliphatic rings. The van der Waals surface area contributed by atoms with Gasteiger partial charge < -0.3 is 16.8 Å². The summed E-state index contributed by atoms with van der Waals surface area (Å²) in [6.07, 6.45) is 4.80. The molecule has 1 aromatic rings. The summed E-state index contributed by atoms with van der Waals surface area (Å²) in [6.45, 7) is 0. The van der Waals surface area contributed by atoms with Crippen LogP contribution in [0.5, 0.6) is 0 Å². The van der Waals surface area contributed by atoms with Gasteiger partial charge >= 0.3 is 0 Å². The Balaban J connectivity index is 2.56. The fourth-order valence-electron chi connectivity index (χ4n) is 1.41. The van der Waals surface area contributed by atoms with Gasteiger partial charge in [0, 0.05) is 18.8 Å². The summed E-state index contributed by atoms with van der Waals surface area (Å²) < 4.78 is 0. The Morgan fingerprint density at radius 1 is 1.26 bits per heavy atom. The molecule has 1 aromatic heterocycles. The third-order valence-corrected chi connectivity index (χ3v) is 2.36. The molecule has 8 heteroatoms. The average Bonchev–Trinajstić information content (AvgIpc) is 2.37. The second-order valence-electron chi connectivity index (χ2n) is 3.88. The van der Waals surface area contributed by atoms with E-state index in [1.165, 1.54) is 18.6 Å². The number of aromatic nitrogens is 2. The maximum atomic E-state index is 11.7. The van der Waals surface area contributed by atoms with E-state index in [0.717, 1.165) is 0 Å². The van der Waals surface area contributed by atoms with E-state index in [1.807, 2.05) is 0 Å². The highest BCUT2D eigenvalue weighted by Gasteiger charge is 2.19. The Kier molecular flexibility index (Phi) is 5.39. The van der Waals surface area contributed by atoms with Gasteiger partial charge in [-0.3, -0.25) is 19.4 Å². The molecular formula is C11H15N5O3. The second kappa shape index (κ2) is 7.04. The molecule has 1 atom stereocenters. The zero-order valence-corrected chi connectivity index (χ0v) is 10.2. The molecule has 0 radical (unpaired) electrons. The highest BCUT2D eigenvalue weighted by Crippen LogP contribution is 2.02. The molecule has 0 saturated heterocycles. The zero-order valence-electron chi connectivity index (χ0n) is 10.2. The van der Waals surface area contributed by atoms with Crippen molar-refractivity contribution in [2.75, 3.05) is 0 Å². The minimum absolute atomic E-state index is 0.0867. The van der Waals surface area contributed by atoms with Crippen molar-refractivity contribution in [1.29, 1.82) is 0 Å². The van der Waals surface area contributed by atoms with E-state index >= 15 is 0 Å². The normalized spacial score (nSPS) is 11.6. The van der Waals surface area contributed by atoms with E-state index in [0.29, 0.717) is 6.42 Å². The third-order valence-electron chi connectivity index (χ3n) is 2.36. The molecule has 0 bridgehead atoms. The number of nitrogens with two attached hydrogens (primary N) is 2. The molecule has 0 saturated carbocycles. The first-order chi connectivity index (χ1) is 9.00. The van der Waals surface area contributed by atoms with Crippen LogP contribution in [0.25, 0.3) is 0 Å². The number of carbonyl (C=O) groups excluding carboxylic acids is 3. The molecule has 0 aromatic carbocycles. The minimum Gasteiger partial charge on any atom is -0.370 e. The number of primary amides is 2. The fourth-order valence-corrected chi connectivity index (χ4v) is 1.41. The van der Waals surface area contributed by atoms with Crippen LogP contribution in [-0.4, -0.2) is 33.7 Å². The molecular weight excluding hydrogens is 250 g/mol. The predicted molar refractivity (Wildman–Crippen MR) is 65.5 cm³/mol. The molecule has 1 rings (SSSR count). The standard InChI is InChI=1S/C11H15N5O3/c12-9(17)3-1-2-7(10(13)18)16-11(19)8-6-14-4-5-15-8/h4-7H,1-3H2,(H2,12,17)(H2,13,18)(H,16,19). The van der Waals surface area contributed by atoms with Crippen molar-refractivity contribution in [3.63, 3.8) is 0 Å². The number of nitrogens with zero attached hydrogens (tertiary/aromatic N) is 2. The van der Waals surface area contributed by atoms with E-state index in [1.54, 1.807) is 0 Å². The van der Waals surface area contributed by atoms with Crippen molar-refractivity contribution in [3.05, 3.63) is 24.3 Å². The van der Waals surface area contributed by atoms with Gasteiger partial charge in [0.05, 0.1) is 6.20 Å². The molecule has 0 spiro atoms. The van der Waals surface area contributed by atoms with Gasteiger partial charge in [0.1, 0.15) is 11.7 Å². The zero-order chi connectivity index (χ0) is 14.3. The number of amides is 3. The highest BCUT2D eigenvalue weighted by molar-refractivity contribution is 5.95. The molecule has 3 amide bonds. The molecule has 19 heavy (non-hydrogen) atoms. The van der Waals surface area contributed by atoms with E-state index in [2.05, 4.69) is 15.3 Å². The maximum Gasteiger partial charge on any atom is 0.272 e. The first kappa shape index (κ1) is 14.6. The maximum absolute atomic E-state index is 11.7. The topological polar surface area (TPSA) is 141 Å². The van der Waals surface area contributed by atoms with Crippen molar-refractivity contribution in [1.82, 2.24) is 15.3 Å². The number of nitrogens with one attached hydrogen (secondary N) is 1. The smallest absolute Gasteiger partial charge is 0.272 e. The molecule has 1 heterocycles. The SMILES string of the molecule is NC(=O)CCCC(NC(=O)c1cnccn1)C(N)=O. The molecule has 8 nitrogen and oxygen atoms in total. The average molecular weight is 265 g/mol. The number of hydrogen-bond donors (Lipinski definition) is 3. The van der Waals surface area contributed by atoms with Gasteiger partial charge in [-0.1, -0.05) is 0 Å². The molecule has 0 aliphatic carbocycles. The van der Waals surface area contributed by atoms with Gasteiger partial charge in [-0.15, -0.1) is 0 Å². The second-order valence-corrected chi connectivity index (χ2v) is 3.88. The van der Waals surface area contributed by atoms with Crippen LogP contribution in [0.1, 0.15) is 29.8 Å². The number of hydrogen-bond acceptors (Lipinski definition) is 5. The predicted octanol–water partition coefficient (Wildman–Crippen LogP) is -1.28. The summed E-state index contributed by atoms with van der Waals surface area (Å²) in [5, 5.41) is 2.44. The number of rotatable bonds is 7. The lowest BCUT2D eigenvalue weighted by molar-refractivity contribution is -0.121. The lowest BCUT2D eigenvalue weighted by Crippen LogP contribution is -2.44. The van der Waals surface area contributed by atoms with Crippen LogP contribution < -0.4 is 16.8 Å². The lowest BCUT2D eigenvalue weighted by Gasteiger charge is -2.14. The summed E-state index contributed by atoms with van der Waals surface area (Å²) in [6, 6.07) is -0.867. The summed E-state index contributed by atoms with van der Waals surface area (Å²) in [5.74, 6) is -1.69. The first-order valence-corrected chi connectivity index (χ1v) is 5.65. The van der Waals surface area contributed by atoms with Gasteiger partial charge in [-0.25, -0.2) is 4.98 Å². The van der Waals surface area contributed by atoms with Gasteiger partial charge in [0.15, 0.2) is 0 Å². The van der Waals surface area contributed by atoms with Crippen LogP contribution in [0, 0.1) is 0 Å². The van der Waals surface area contributed by atoms with E-state index < -0.39 is 23.8 Å². The molecule has 5 N–H and O–H groups in total. The van der Waals surface area contributed by atoms with Crippen LogP contribution in [0.3, 0.4) is 0 Å². The number of carbonyl (C=O) groups is 3. The Labute approximate surface area is 109 Å². The summed E-state index contributed by atoms with van der Waals surface area (Å²) in [4.78, 5) is 41.1. The Morgan fingerprint density at radius 3 is 2.53 bits per heavy atom. The highest BCUT2D eigenvalue weighted by atomic mass is 16.2. The van der Waals surface area contributed by atoms with Crippen molar-refractivity contribution >= 4 is 17.7 Å². The van der Waals surface area contributed by atoms with Gasteiger partial charge in [0.2, 0.25) is 11.8 Å². The van der Waals surface area contributed by atoms with Gasteiger partial charge in [-0.2, -0.15) is 0 Å². The van der Waals surface area contributed by atoms with Crippen molar-refractivity contribution in [2.24, 2.45) is 11.5 Å². The Morgan fingerprint density at radius 2 is 2.00 bits per heavy atom. The quantitative estimate of drug-likeness (QED) is 0.562. The Bertz CT molecular complexity index is 463. The summed E-state index contributed by atoms with van der Waals surface area (Å²) in [7, 11) is 0.